The van der Waals surface area contributed by atoms with Gasteiger partial charge in [0.15, 0.2) is 0 Å². The number of carbonyl (C=O) groups excluding carboxylic acids is 1. The van der Waals surface area contributed by atoms with E-state index < -0.39 is 17.8 Å². The zero-order chi connectivity index (χ0) is 16.2. The molecule has 0 radical (unpaired) electrons. The minimum Gasteiger partial charge on any atom is -0.387 e. The summed E-state index contributed by atoms with van der Waals surface area (Å²) in [4.78, 5) is 12.6. The van der Waals surface area contributed by atoms with Crippen LogP contribution in [0.4, 0.5) is 13.2 Å². The summed E-state index contributed by atoms with van der Waals surface area (Å²) in [5.41, 5.74) is -0.708. The molecule has 1 aromatic heterocycles. The summed E-state index contributed by atoms with van der Waals surface area (Å²) in [5.74, 6) is -0.284. The van der Waals surface area contributed by atoms with Gasteiger partial charge in [0.1, 0.15) is 0 Å². The fraction of sp³-hybridized carbons (Fsp3) is 0.267. The van der Waals surface area contributed by atoms with E-state index in [1.165, 1.54) is 23.5 Å². The number of benzene rings is 1. The Morgan fingerprint density at radius 2 is 2.05 bits per heavy atom. The molecule has 0 bridgehead atoms. The Morgan fingerprint density at radius 3 is 2.68 bits per heavy atom. The number of hydrogen-bond donors (Lipinski definition) is 2. The molecular formula is C15H14F3NO2S. The second-order valence-electron chi connectivity index (χ2n) is 4.70. The highest BCUT2D eigenvalue weighted by atomic mass is 32.1. The predicted molar refractivity (Wildman–Crippen MR) is 77.4 cm³/mol. The molecule has 7 heteroatoms. The number of halogens is 3. The molecule has 0 spiro atoms. The minimum atomic E-state index is -4.46. The number of carbonyl (C=O) groups is 1. The van der Waals surface area contributed by atoms with E-state index in [0.717, 1.165) is 17.0 Å². The Bertz CT molecular complexity index is 626. The smallest absolute Gasteiger partial charge is 0.387 e. The highest BCUT2D eigenvalue weighted by Crippen LogP contribution is 2.30. The van der Waals surface area contributed by atoms with Gasteiger partial charge in [-0.25, -0.2) is 0 Å². The Morgan fingerprint density at radius 1 is 1.27 bits per heavy atom. The first kappa shape index (κ1) is 16.5. The molecule has 3 nitrogen and oxygen atoms in total. The van der Waals surface area contributed by atoms with Crippen LogP contribution in [0.5, 0.6) is 0 Å². The van der Waals surface area contributed by atoms with Gasteiger partial charge in [-0.15, -0.1) is 11.3 Å². The number of nitrogens with one attached hydrogen (secondary N) is 1. The average Bonchev–Trinajstić information content (AvgIpc) is 2.97. The summed E-state index contributed by atoms with van der Waals surface area (Å²) in [7, 11) is 0. The van der Waals surface area contributed by atoms with Crippen LogP contribution in [0.3, 0.4) is 0 Å². The fourth-order valence-corrected chi connectivity index (χ4v) is 2.59. The van der Waals surface area contributed by atoms with Crippen LogP contribution in [0.2, 0.25) is 0 Å². The lowest BCUT2D eigenvalue weighted by Gasteiger charge is -2.14. The summed E-state index contributed by atoms with van der Waals surface area (Å²) >= 11 is 1.44. The van der Waals surface area contributed by atoms with Crippen LogP contribution < -0.4 is 5.32 Å². The van der Waals surface area contributed by atoms with Crippen LogP contribution in [0, 0.1) is 0 Å². The van der Waals surface area contributed by atoms with Gasteiger partial charge in [0.05, 0.1) is 18.1 Å². The third kappa shape index (κ3) is 4.57. The van der Waals surface area contributed by atoms with E-state index in [1.54, 1.807) is 0 Å². The molecule has 0 unspecified atom stereocenters. The lowest BCUT2D eigenvalue weighted by Crippen LogP contribution is -2.29. The van der Waals surface area contributed by atoms with Gasteiger partial charge in [-0.3, -0.25) is 4.79 Å². The molecule has 0 saturated carbocycles. The van der Waals surface area contributed by atoms with Crippen LogP contribution in [0.1, 0.15) is 22.1 Å². The number of rotatable bonds is 5. The van der Waals surface area contributed by atoms with Gasteiger partial charge in [0, 0.05) is 11.4 Å². The molecule has 1 aromatic carbocycles. The van der Waals surface area contributed by atoms with E-state index in [-0.39, 0.29) is 24.4 Å². The Balaban J connectivity index is 1.92. The molecule has 0 aliphatic carbocycles. The molecule has 1 heterocycles. The van der Waals surface area contributed by atoms with Gasteiger partial charge in [-0.05, 0) is 29.1 Å². The molecule has 1 amide bonds. The van der Waals surface area contributed by atoms with Gasteiger partial charge < -0.3 is 10.4 Å². The average molecular weight is 329 g/mol. The molecule has 118 valence electrons. The maximum absolute atomic E-state index is 12.6. The topological polar surface area (TPSA) is 49.3 Å². The van der Waals surface area contributed by atoms with Crippen molar-refractivity contribution in [2.45, 2.75) is 18.7 Å². The van der Waals surface area contributed by atoms with Crippen LogP contribution in [-0.4, -0.2) is 17.6 Å². The molecule has 0 aliphatic rings. The number of alkyl halides is 3. The van der Waals surface area contributed by atoms with Gasteiger partial charge in [0.25, 0.3) is 0 Å². The third-order valence-electron chi connectivity index (χ3n) is 3.01. The third-order valence-corrected chi connectivity index (χ3v) is 3.88. The zero-order valence-electron chi connectivity index (χ0n) is 11.4. The van der Waals surface area contributed by atoms with Crippen molar-refractivity contribution in [3.05, 3.63) is 57.8 Å². The van der Waals surface area contributed by atoms with E-state index in [0.29, 0.717) is 0 Å². The first-order chi connectivity index (χ1) is 10.4. The van der Waals surface area contributed by atoms with Crippen molar-refractivity contribution in [3.63, 3.8) is 0 Å². The number of aliphatic hydroxyl groups is 1. The van der Waals surface area contributed by atoms with E-state index in [9.17, 15) is 23.1 Å². The summed E-state index contributed by atoms with van der Waals surface area (Å²) in [6.07, 6.45) is -5.46. The molecule has 1 atom stereocenters. The summed E-state index contributed by atoms with van der Waals surface area (Å²) in [6, 6.07) is 8.08. The monoisotopic (exact) mass is 329 g/mol. The molecule has 0 saturated heterocycles. The summed E-state index contributed by atoms with van der Waals surface area (Å²) in [6.45, 7) is -0.133. The highest BCUT2D eigenvalue weighted by Gasteiger charge is 2.30. The van der Waals surface area contributed by atoms with Gasteiger partial charge in [-0.1, -0.05) is 18.2 Å². The largest absolute Gasteiger partial charge is 0.416 e. The van der Waals surface area contributed by atoms with Crippen molar-refractivity contribution in [3.8, 4) is 0 Å². The fourth-order valence-electron chi connectivity index (χ4n) is 1.88. The maximum atomic E-state index is 12.6. The quantitative estimate of drug-likeness (QED) is 0.885. The van der Waals surface area contributed by atoms with Crippen LogP contribution in [0.25, 0.3) is 0 Å². The van der Waals surface area contributed by atoms with E-state index >= 15 is 0 Å². The first-order valence-corrected chi connectivity index (χ1v) is 7.38. The molecule has 2 aromatic rings. The van der Waals surface area contributed by atoms with Crippen LogP contribution >= 0.6 is 11.3 Å². The number of aliphatic hydroxyl groups excluding tert-OH is 1. The van der Waals surface area contributed by atoms with Crippen molar-refractivity contribution in [1.29, 1.82) is 0 Å². The van der Waals surface area contributed by atoms with Crippen molar-refractivity contribution in [2.24, 2.45) is 0 Å². The second kappa shape index (κ2) is 6.93. The first-order valence-electron chi connectivity index (χ1n) is 6.50. The number of amides is 1. The second-order valence-corrected chi connectivity index (χ2v) is 5.73. The Labute approximate surface area is 129 Å². The number of hydrogen-bond acceptors (Lipinski definition) is 3. The molecule has 2 rings (SSSR count). The number of thiophene rings is 1. The van der Waals surface area contributed by atoms with E-state index in [2.05, 4.69) is 5.32 Å². The Kier molecular flexibility index (Phi) is 5.20. The van der Waals surface area contributed by atoms with Crippen LogP contribution in [-0.2, 0) is 17.4 Å². The van der Waals surface area contributed by atoms with Crippen LogP contribution in [0.15, 0.2) is 41.8 Å². The SMILES string of the molecule is O=C(Cc1cccs1)NC[C@@H](O)c1cccc(C(F)(F)F)c1. The summed E-state index contributed by atoms with van der Waals surface area (Å²) in [5, 5.41) is 14.3. The lowest BCUT2D eigenvalue weighted by atomic mass is 10.1. The molecule has 22 heavy (non-hydrogen) atoms. The highest BCUT2D eigenvalue weighted by molar-refractivity contribution is 7.10. The van der Waals surface area contributed by atoms with Gasteiger partial charge in [0.2, 0.25) is 5.91 Å². The van der Waals surface area contributed by atoms with Crippen molar-refractivity contribution in [2.75, 3.05) is 6.54 Å². The van der Waals surface area contributed by atoms with Crippen molar-refractivity contribution < 1.29 is 23.1 Å². The summed E-state index contributed by atoms with van der Waals surface area (Å²) < 4.78 is 37.8. The normalized spacial score (nSPS) is 12.9. The lowest BCUT2D eigenvalue weighted by molar-refractivity contribution is -0.137. The standard InChI is InChI=1S/C15H14F3NO2S/c16-15(17,18)11-4-1-3-10(7-11)13(20)9-19-14(21)8-12-5-2-6-22-12/h1-7,13,20H,8-9H2,(H,19,21)/t13-/m1/s1. The van der Waals surface area contributed by atoms with Crippen molar-refractivity contribution >= 4 is 17.2 Å². The minimum absolute atomic E-state index is 0.117. The molecular weight excluding hydrogens is 315 g/mol. The Hall–Kier alpha value is -1.86. The van der Waals surface area contributed by atoms with Gasteiger partial charge in [-0.2, -0.15) is 13.2 Å². The van der Waals surface area contributed by atoms with E-state index in [1.807, 2.05) is 17.5 Å². The van der Waals surface area contributed by atoms with Gasteiger partial charge >= 0.3 is 6.18 Å². The molecule has 0 aliphatic heterocycles. The maximum Gasteiger partial charge on any atom is 0.416 e. The molecule has 0 fully saturated rings. The molecule has 2 N–H and O–H groups in total. The van der Waals surface area contributed by atoms with Crippen molar-refractivity contribution in [1.82, 2.24) is 5.32 Å². The zero-order valence-corrected chi connectivity index (χ0v) is 12.2. The van der Waals surface area contributed by atoms with E-state index in [4.69, 9.17) is 0 Å². The predicted octanol–water partition coefficient (Wildman–Crippen LogP) is 3.16.